The van der Waals surface area contributed by atoms with Gasteiger partial charge in [0.1, 0.15) is 18.2 Å². The molecular weight excluding hydrogens is 324 g/mol. The van der Waals surface area contributed by atoms with E-state index in [0.29, 0.717) is 12.6 Å². The molecule has 0 aliphatic carbocycles. The highest BCUT2D eigenvalue weighted by atomic mass is 16.5. The van der Waals surface area contributed by atoms with Gasteiger partial charge in [-0.05, 0) is 62.8 Å². The van der Waals surface area contributed by atoms with Gasteiger partial charge in [-0.1, -0.05) is 6.07 Å². The Labute approximate surface area is 154 Å². The van der Waals surface area contributed by atoms with Crippen molar-refractivity contribution < 1.29 is 4.74 Å². The molecule has 26 heavy (non-hydrogen) atoms. The number of ether oxygens (including phenoxy) is 1. The van der Waals surface area contributed by atoms with Crippen molar-refractivity contribution in [1.82, 2.24) is 19.4 Å². The Kier molecular flexibility index (Phi) is 4.97. The van der Waals surface area contributed by atoms with Crippen LogP contribution in [0.4, 0.5) is 0 Å². The Balaban J connectivity index is 1.46. The van der Waals surface area contributed by atoms with Crippen LogP contribution in [0.3, 0.4) is 0 Å². The summed E-state index contributed by atoms with van der Waals surface area (Å²) in [5, 5.41) is 0. The van der Waals surface area contributed by atoms with Crippen LogP contribution < -0.4 is 4.74 Å². The number of piperidine rings is 1. The van der Waals surface area contributed by atoms with Gasteiger partial charge in [0.2, 0.25) is 0 Å². The molecule has 1 saturated heterocycles. The Bertz CT molecular complexity index is 829. The molecule has 0 amide bonds. The van der Waals surface area contributed by atoms with Crippen LogP contribution in [0, 0.1) is 0 Å². The van der Waals surface area contributed by atoms with Crippen molar-refractivity contribution in [2.24, 2.45) is 0 Å². The van der Waals surface area contributed by atoms with Crippen molar-refractivity contribution >= 4 is 0 Å². The number of likely N-dealkylation sites (N-methyl/N-ethyl adjacent to an activating group) is 1. The quantitative estimate of drug-likeness (QED) is 0.704. The zero-order valence-corrected chi connectivity index (χ0v) is 15.1. The smallest absolute Gasteiger partial charge is 0.140 e. The standard InChI is InChI=1S/C21H24N4O/c1-24-13-4-6-19(15-24)25-14-12-23-21(25)17-7-9-20(10-8-17)26-16-18-5-2-3-11-22-18/h2-3,5,7-12,14,19H,4,6,13,15-16H2,1H3. The van der Waals surface area contributed by atoms with Crippen LogP contribution in [0.5, 0.6) is 5.75 Å². The molecule has 1 fully saturated rings. The molecule has 0 N–H and O–H groups in total. The van der Waals surface area contributed by atoms with Crippen molar-refractivity contribution in [3.05, 3.63) is 66.7 Å². The average Bonchev–Trinajstić information content (AvgIpc) is 3.17. The van der Waals surface area contributed by atoms with E-state index in [0.717, 1.165) is 29.4 Å². The van der Waals surface area contributed by atoms with Crippen molar-refractivity contribution in [1.29, 1.82) is 0 Å². The second-order valence-corrected chi connectivity index (χ2v) is 6.85. The van der Waals surface area contributed by atoms with Gasteiger partial charge in [0.15, 0.2) is 0 Å². The summed E-state index contributed by atoms with van der Waals surface area (Å²) in [4.78, 5) is 11.3. The van der Waals surface area contributed by atoms with Gasteiger partial charge in [-0.15, -0.1) is 0 Å². The normalized spacial score (nSPS) is 18.0. The van der Waals surface area contributed by atoms with Gasteiger partial charge in [0.05, 0.1) is 5.69 Å². The first kappa shape index (κ1) is 16.8. The molecule has 1 aliphatic rings. The van der Waals surface area contributed by atoms with Gasteiger partial charge < -0.3 is 14.2 Å². The molecule has 4 rings (SSSR count). The van der Waals surface area contributed by atoms with Crippen molar-refractivity contribution in [2.45, 2.75) is 25.5 Å². The van der Waals surface area contributed by atoms with Crippen LogP contribution in [-0.2, 0) is 6.61 Å². The number of pyridine rings is 1. The van der Waals surface area contributed by atoms with Crippen LogP contribution in [-0.4, -0.2) is 39.6 Å². The first-order valence-electron chi connectivity index (χ1n) is 9.14. The van der Waals surface area contributed by atoms with E-state index in [-0.39, 0.29) is 0 Å². The number of benzene rings is 1. The van der Waals surface area contributed by atoms with E-state index in [2.05, 4.69) is 44.8 Å². The summed E-state index contributed by atoms with van der Waals surface area (Å²) < 4.78 is 8.15. The summed E-state index contributed by atoms with van der Waals surface area (Å²) in [7, 11) is 2.19. The lowest BCUT2D eigenvalue weighted by molar-refractivity contribution is 0.213. The first-order chi connectivity index (χ1) is 12.8. The minimum absolute atomic E-state index is 0.475. The van der Waals surface area contributed by atoms with E-state index in [1.807, 2.05) is 36.5 Å². The maximum atomic E-state index is 5.83. The Morgan fingerprint density at radius 2 is 1.96 bits per heavy atom. The number of hydrogen-bond acceptors (Lipinski definition) is 4. The second-order valence-electron chi connectivity index (χ2n) is 6.85. The predicted octanol–water partition coefficient (Wildman–Crippen LogP) is 3.79. The third kappa shape index (κ3) is 3.78. The summed E-state index contributed by atoms with van der Waals surface area (Å²) in [5.74, 6) is 1.87. The molecule has 5 heteroatoms. The van der Waals surface area contributed by atoms with Crippen molar-refractivity contribution in [2.75, 3.05) is 20.1 Å². The van der Waals surface area contributed by atoms with E-state index in [4.69, 9.17) is 4.74 Å². The van der Waals surface area contributed by atoms with Gasteiger partial charge >= 0.3 is 0 Å². The lowest BCUT2D eigenvalue weighted by atomic mass is 10.1. The lowest BCUT2D eigenvalue weighted by Gasteiger charge is -2.31. The highest BCUT2D eigenvalue weighted by Crippen LogP contribution is 2.28. The van der Waals surface area contributed by atoms with Crippen LogP contribution in [0.15, 0.2) is 61.1 Å². The van der Waals surface area contributed by atoms with Crippen LogP contribution in [0.25, 0.3) is 11.4 Å². The van der Waals surface area contributed by atoms with Gasteiger partial charge in [-0.3, -0.25) is 4.98 Å². The number of nitrogens with zero attached hydrogens (tertiary/aromatic N) is 4. The van der Waals surface area contributed by atoms with Crippen LogP contribution in [0.2, 0.25) is 0 Å². The summed E-state index contributed by atoms with van der Waals surface area (Å²) >= 11 is 0. The molecule has 5 nitrogen and oxygen atoms in total. The van der Waals surface area contributed by atoms with Crippen molar-refractivity contribution in [3.63, 3.8) is 0 Å². The topological polar surface area (TPSA) is 43.2 Å². The molecule has 1 aromatic carbocycles. The number of aromatic nitrogens is 3. The lowest BCUT2D eigenvalue weighted by Crippen LogP contribution is -2.33. The fourth-order valence-electron chi connectivity index (χ4n) is 3.54. The fraction of sp³-hybridized carbons (Fsp3) is 0.333. The Morgan fingerprint density at radius 3 is 2.73 bits per heavy atom. The molecular formula is C21H24N4O. The molecule has 1 atom stereocenters. The molecule has 0 bridgehead atoms. The Hall–Kier alpha value is -2.66. The molecule has 0 saturated carbocycles. The molecule has 3 heterocycles. The van der Waals surface area contributed by atoms with E-state index in [9.17, 15) is 0 Å². The zero-order chi connectivity index (χ0) is 17.8. The van der Waals surface area contributed by atoms with E-state index in [1.54, 1.807) is 6.20 Å². The Morgan fingerprint density at radius 1 is 1.08 bits per heavy atom. The molecule has 1 unspecified atom stereocenters. The summed E-state index contributed by atoms with van der Waals surface area (Å²) in [5.41, 5.74) is 2.04. The SMILES string of the molecule is CN1CCCC(n2ccnc2-c2ccc(OCc3ccccn3)cc2)C1. The van der Waals surface area contributed by atoms with Gasteiger partial charge in [-0.2, -0.15) is 0 Å². The maximum Gasteiger partial charge on any atom is 0.140 e. The van der Waals surface area contributed by atoms with Crippen LogP contribution >= 0.6 is 0 Å². The second kappa shape index (κ2) is 7.70. The number of rotatable bonds is 5. The third-order valence-corrected chi connectivity index (χ3v) is 4.89. The summed E-state index contributed by atoms with van der Waals surface area (Å²) in [6, 6.07) is 14.5. The van der Waals surface area contributed by atoms with E-state index < -0.39 is 0 Å². The molecule has 1 aliphatic heterocycles. The number of imidazole rings is 1. The van der Waals surface area contributed by atoms with Gasteiger partial charge in [0, 0.05) is 36.7 Å². The minimum atomic E-state index is 0.475. The summed E-state index contributed by atoms with van der Waals surface area (Å²) in [6.45, 7) is 2.74. The fourth-order valence-corrected chi connectivity index (χ4v) is 3.54. The molecule has 3 aromatic rings. The average molecular weight is 348 g/mol. The molecule has 0 spiro atoms. The minimum Gasteiger partial charge on any atom is -0.487 e. The predicted molar refractivity (Wildman–Crippen MR) is 102 cm³/mol. The first-order valence-corrected chi connectivity index (χ1v) is 9.14. The highest BCUT2D eigenvalue weighted by molar-refractivity contribution is 5.57. The van der Waals surface area contributed by atoms with Gasteiger partial charge in [-0.25, -0.2) is 4.98 Å². The van der Waals surface area contributed by atoms with Gasteiger partial charge in [0.25, 0.3) is 0 Å². The monoisotopic (exact) mass is 348 g/mol. The maximum absolute atomic E-state index is 5.83. The molecule has 2 aromatic heterocycles. The zero-order valence-electron chi connectivity index (χ0n) is 15.1. The summed E-state index contributed by atoms with van der Waals surface area (Å²) in [6.07, 6.45) is 8.22. The van der Waals surface area contributed by atoms with Crippen molar-refractivity contribution in [3.8, 4) is 17.1 Å². The molecule has 134 valence electrons. The van der Waals surface area contributed by atoms with E-state index >= 15 is 0 Å². The number of likely N-dealkylation sites (tertiary alicyclic amines) is 1. The third-order valence-electron chi connectivity index (χ3n) is 4.89. The number of hydrogen-bond donors (Lipinski definition) is 0. The largest absolute Gasteiger partial charge is 0.487 e. The van der Waals surface area contributed by atoms with E-state index in [1.165, 1.54) is 19.4 Å². The molecule has 0 radical (unpaired) electrons. The highest BCUT2D eigenvalue weighted by Gasteiger charge is 2.21. The van der Waals surface area contributed by atoms with Crippen LogP contribution in [0.1, 0.15) is 24.6 Å².